The van der Waals surface area contributed by atoms with Crippen LogP contribution < -0.4 is 9.80 Å². The summed E-state index contributed by atoms with van der Waals surface area (Å²) >= 11 is 0. The van der Waals surface area contributed by atoms with Crippen molar-refractivity contribution in [3.8, 4) is 0 Å². The average Bonchev–Trinajstić information content (AvgIpc) is 2.56. The predicted molar refractivity (Wildman–Crippen MR) is 83.5 cm³/mol. The average molecular weight is 284 g/mol. The summed E-state index contributed by atoms with van der Waals surface area (Å²) in [6.07, 6.45) is 3.10. The minimum absolute atomic E-state index is 0.448. The Balaban J connectivity index is 1.72. The number of piperazine rings is 1. The predicted octanol–water partition coefficient (Wildman–Crippen LogP) is 1.86. The largest absolute Gasteiger partial charge is 0.389 e. The molecule has 1 unspecified atom stereocenters. The fourth-order valence-corrected chi connectivity index (χ4v) is 2.73. The van der Waals surface area contributed by atoms with Crippen molar-refractivity contribution < 1.29 is 5.11 Å². The molecule has 1 aliphatic rings. The van der Waals surface area contributed by atoms with Crippen LogP contribution in [0.5, 0.6) is 0 Å². The van der Waals surface area contributed by atoms with E-state index in [1.807, 2.05) is 31.2 Å². The SMILES string of the molecule is CC(O)c1ccccc1N1CCN(c2ncccn2)CC1. The van der Waals surface area contributed by atoms with Gasteiger partial charge in [-0.15, -0.1) is 0 Å². The molecule has 0 aliphatic carbocycles. The lowest BCUT2D eigenvalue weighted by atomic mass is 10.1. The number of aromatic nitrogens is 2. The molecule has 0 amide bonds. The first-order valence-electron chi connectivity index (χ1n) is 7.29. The van der Waals surface area contributed by atoms with Gasteiger partial charge in [-0.25, -0.2) is 9.97 Å². The smallest absolute Gasteiger partial charge is 0.225 e. The van der Waals surface area contributed by atoms with Crippen LogP contribution in [0, 0.1) is 0 Å². The zero-order chi connectivity index (χ0) is 14.7. The highest BCUT2D eigenvalue weighted by molar-refractivity contribution is 5.55. The van der Waals surface area contributed by atoms with E-state index in [2.05, 4.69) is 25.8 Å². The summed E-state index contributed by atoms with van der Waals surface area (Å²) in [5.74, 6) is 0.793. The molecule has 1 aromatic carbocycles. The minimum Gasteiger partial charge on any atom is -0.389 e. The molecule has 0 spiro atoms. The molecule has 21 heavy (non-hydrogen) atoms. The number of hydrogen-bond donors (Lipinski definition) is 1. The first-order chi connectivity index (χ1) is 10.3. The van der Waals surface area contributed by atoms with Crippen molar-refractivity contribution >= 4 is 11.6 Å². The second-order valence-corrected chi connectivity index (χ2v) is 5.26. The number of rotatable bonds is 3. The van der Waals surface area contributed by atoms with E-state index in [0.717, 1.165) is 43.4 Å². The van der Waals surface area contributed by atoms with Crippen LogP contribution in [-0.4, -0.2) is 41.3 Å². The van der Waals surface area contributed by atoms with Gasteiger partial charge >= 0.3 is 0 Å². The van der Waals surface area contributed by atoms with Crippen molar-refractivity contribution in [2.75, 3.05) is 36.0 Å². The summed E-state index contributed by atoms with van der Waals surface area (Å²) in [5.41, 5.74) is 2.11. The lowest BCUT2D eigenvalue weighted by Gasteiger charge is -2.37. The van der Waals surface area contributed by atoms with Gasteiger partial charge in [0.1, 0.15) is 0 Å². The molecule has 1 fully saturated rings. The van der Waals surface area contributed by atoms with E-state index >= 15 is 0 Å². The molecule has 3 rings (SSSR count). The van der Waals surface area contributed by atoms with Crippen LogP contribution in [0.15, 0.2) is 42.7 Å². The van der Waals surface area contributed by atoms with E-state index in [0.29, 0.717) is 0 Å². The van der Waals surface area contributed by atoms with E-state index in [-0.39, 0.29) is 0 Å². The Morgan fingerprint density at radius 1 is 0.952 bits per heavy atom. The van der Waals surface area contributed by atoms with Crippen LogP contribution in [-0.2, 0) is 0 Å². The number of anilines is 2. The standard InChI is InChI=1S/C16H20N4O/c1-13(21)14-5-2-3-6-15(14)19-9-11-20(12-10-19)16-17-7-4-8-18-16/h2-8,13,21H,9-12H2,1H3. The molecule has 0 radical (unpaired) electrons. The molecule has 0 bridgehead atoms. The third-order valence-corrected chi connectivity index (χ3v) is 3.84. The van der Waals surface area contributed by atoms with Gasteiger partial charge in [-0.05, 0) is 19.1 Å². The molecule has 1 aromatic heterocycles. The van der Waals surface area contributed by atoms with Crippen molar-refractivity contribution in [1.29, 1.82) is 0 Å². The Kier molecular flexibility index (Phi) is 4.01. The zero-order valence-corrected chi connectivity index (χ0v) is 12.2. The number of aliphatic hydroxyl groups is 1. The van der Waals surface area contributed by atoms with Gasteiger partial charge in [-0.2, -0.15) is 0 Å². The second-order valence-electron chi connectivity index (χ2n) is 5.26. The van der Waals surface area contributed by atoms with E-state index in [4.69, 9.17) is 0 Å². The van der Waals surface area contributed by atoms with E-state index in [1.165, 1.54) is 0 Å². The Morgan fingerprint density at radius 2 is 1.57 bits per heavy atom. The van der Waals surface area contributed by atoms with Crippen molar-refractivity contribution in [2.24, 2.45) is 0 Å². The van der Waals surface area contributed by atoms with Gasteiger partial charge in [0.2, 0.25) is 5.95 Å². The monoisotopic (exact) mass is 284 g/mol. The summed E-state index contributed by atoms with van der Waals surface area (Å²) in [6, 6.07) is 9.90. The molecule has 2 heterocycles. The fraction of sp³-hybridized carbons (Fsp3) is 0.375. The maximum Gasteiger partial charge on any atom is 0.225 e. The Labute approximate surface area is 124 Å². The van der Waals surface area contributed by atoms with Gasteiger partial charge in [0, 0.05) is 49.8 Å². The third kappa shape index (κ3) is 2.97. The van der Waals surface area contributed by atoms with Crippen molar-refractivity contribution in [2.45, 2.75) is 13.0 Å². The summed E-state index contributed by atoms with van der Waals surface area (Å²) < 4.78 is 0. The van der Waals surface area contributed by atoms with Crippen molar-refractivity contribution in [1.82, 2.24) is 9.97 Å². The molecule has 110 valence electrons. The normalized spacial score (nSPS) is 16.9. The Hall–Kier alpha value is -2.14. The van der Waals surface area contributed by atoms with Crippen LogP contribution in [0.3, 0.4) is 0 Å². The van der Waals surface area contributed by atoms with Crippen LogP contribution in [0.1, 0.15) is 18.6 Å². The Bertz CT molecular complexity index is 580. The molecule has 5 nitrogen and oxygen atoms in total. The van der Waals surface area contributed by atoms with E-state index < -0.39 is 6.10 Å². The lowest BCUT2D eigenvalue weighted by molar-refractivity contribution is 0.199. The maximum absolute atomic E-state index is 9.91. The summed E-state index contributed by atoms with van der Waals surface area (Å²) in [6.45, 7) is 5.40. The highest BCUT2D eigenvalue weighted by atomic mass is 16.3. The molecule has 1 atom stereocenters. The molecule has 1 aliphatic heterocycles. The molecular weight excluding hydrogens is 264 g/mol. The molecular formula is C16H20N4O. The number of hydrogen-bond acceptors (Lipinski definition) is 5. The molecule has 0 saturated carbocycles. The van der Waals surface area contributed by atoms with E-state index in [1.54, 1.807) is 12.4 Å². The number of nitrogens with zero attached hydrogens (tertiary/aromatic N) is 4. The third-order valence-electron chi connectivity index (χ3n) is 3.84. The molecule has 1 saturated heterocycles. The first kappa shape index (κ1) is 13.8. The summed E-state index contributed by atoms with van der Waals surface area (Å²) in [7, 11) is 0. The van der Waals surface area contributed by atoms with E-state index in [9.17, 15) is 5.11 Å². The fourth-order valence-electron chi connectivity index (χ4n) is 2.73. The van der Waals surface area contributed by atoms with Gasteiger partial charge in [-0.3, -0.25) is 0 Å². The molecule has 1 N–H and O–H groups in total. The second kappa shape index (κ2) is 6.10. The highest BCUT2D eigenvalue weighted by Gasteiger charge is 2.21. The quantitative estimate of drug-likeness (QED) is 0.932. The van der Waals surface area contributed by atoms with Crippen LogP contribution >= 0.6 is 0 Å². The van der Waals surface area contributed by atoms with Gasteiger partial charge < -0.3 is 14.9 Å². The number of para-hydroxylation sites is 1. The topological polar surface area (TPSA) is 52.5 Å². The van der Waals surface area contributed by atoms with Gasteiger partial charge in [-0.1, -0.05) is 18.2 Å². The number of aliphatic hydroxyl groups excluding tert-OH is 1. The zero-order valence-electron chi connectivity index (χ0n) is 12.2. The van der Waals surface area contributed by atoms with Gasteiger partial charge in [0.05, 0.1) is 6.10 Å². The summed E-state index contributed by atoms with van der Waals surface area (Å²) in [5, 5.41) is 9.91. The molecule has 5 heteroatoms. The van der Waals surface area contributed by atoms with Gasteiger partial charge in [0.25, 0.3) is 0 Å². The minimum atomic E-state index is -0.448. The van der Waals surface area contributed by atoms with Crippen LogP contribution in [0.2, 0.25) is 0 Å². The first-order valence-corrected chi connectivity index (χ1v) is 7.29. The molecule has 2 aromatic rings. The van der Waals surface area contributed by atoms with Crippen molar-refractivity contribution in [3.05, 3.63) is 48.3 Å². The maximum atomic E-state index is 9.91. The summed E-state index contributed by atoms with van der Waals surface area (Å²) in [4.78, 5) is 13.1. The lowest BCUT2D eigenvalue weighted by Crippen LogP contribution is -2.47. The van der Waals surface area contributed by atoms with Gasteiger partial charge in [0.15, 0.2) is 0 Å². The van der Waals surface area contributed by atoms with Crippen molar-refractivity contribution in [3.63, 3.8) is 0 Å². The van der Waals surface area contributed by atoms with Crippen LogP contribution in [0.4, 0.5) is 11.6 Å². The van der Waals surface area contributed by atoms with Crippen LogP contribution in [0.25, 0.3) is 0 Å². The highest BCUT2D eigenvalue weighted by Crippen LogP contribution is 2.27. The number of benzene rings is 1. The Morgan fingerprint density at radius 3 is 2.24 bits per heavy atom.